The summed E-state index contributed by atoms with van der Waals surface area (Å²) < 4.78 is 0.850. The van der Waals surface area contributed by atoms with Gasteiger partial charge in [-0.2, -0.15) is 5.26 Å². The molecular formula is C10H9Br2N. The van der Waals surface area contributed by atoms with Gasteiger partial charge in [0.2, 0.25) is 0 Å². The highest BCUT2D eigenvalue weighted by molar-refractivity contribution is 9.12. The molecule has 0 amide bonds. The summed E-state index contributed by atoms with van der Waals surface area (Å²) in [7, 11) is 0. The maximum atomic E-state index is 8.60. The first-order valence-corrected chi connectivity index (χ1v) is 5.46. The monoisotopic (exact) mass is 301 g/mol. The lowest BCUT2D eigenvalue weighted by Crippen LogP contribution is -2.06. The van der Waals surface area contributed by atoms with Gasteiger partial charge in [-0.05, 0) is 18.6 Å². The van der Waals surface area contributed by atoms with E-state index >= 15 is 0 Å². The molecule has 1 unspecified atom stereocenters. The topological polar surface area (TPSA) is 23.8 Å². The first-order chi connectivity index (χ1) is 6.03. The number of halogens is 2. The number of nitrogens with zero attached hydrogens (tertiary/aromatic N) is 1. The smallest absolute Gasteiger partial charge is 0.0669 e. The molecule has 0 spiro atoms. The van der Waals surface area contributed by atoms with Gasteiger partial charge in [0.25, 0.3) is 0 Å². The minimum absolute atomic E-state index is 0.148. The Morgan fingerprint density at radius 2 is 2.31 bits per heavy atom. The largest absolute Gasteiger partial charge is 0.198 e. The van der Waals surface area contributed by atoms with Crippen molar-refractivity contribution in [3.05, 3.63) is 34.4 Å². The van der Waals surface area contributed by atoms with Crippen LogP contribution in [-0.4, -0.2) is 4.32 Å². The van der Waals surface area contributed by atoms with Crippen molar-refractivity contribution >= 4 is 31.9 Å². The van der Waals surface area contributed by atoms with E-state index in [0.29, 0.717) is 6.42 Å². The number of allylic oxidation sites excluding steroid dienone is 6. The summed E-state index contributed by atoms with van der Waals surface area (Å²) in [6.45, 7) is 2.04. The molecule has 0 N–H and O–H groups in total. The number of hydrogen-bond donors (Lipinski definition) is 0. The molecule has 1 rings (SSSR count). The van der Waals surface area contributed by atoms with Gasteiger partial charge in [-0.15, -0.1) is 0 Å². The predicted octanol–water partition coefficient (Wildman–Crippen LogP) is 3.83. The molecule has 1 aliphatic carbocycles. The summed E-state index contributed by atoms with van der Waals surface area (Å²) in [6.07, 6.45) is 8.47. The molecule has 0 saturated heterocycles. The molecule has 0 fully saturated rings. The van der Waals surface area contributed by atoms with E-state index in [4.69, 9.17) is 5.26 Å². The van der Waals surface area contributed by atoms with Crippen molar-refractivity contribution in [3.8, 4) is 6.07 Å². The average molecular weight is 303 g/mol. The van der Waals surface area contributed by atoms with Crippen LogP contribution in [0.15, 0.2) is 34.4 Å². The number of rotatable bonds is 1. The molecule has 68 valence electrons. The SMILES string of the molecule is CC1(Br)C=CC(Br)=CC(CC#N)=C1. The van der Waals surface area contributed by atoms with E-state index in [1.54, 1.807) is 0 Å². The van der Waals surface area contributed by atoms with Crippen molar-refractivity contribution in [3.63, 3.8) is 0 Å². The Labute approximate surface area is 95.1 Å². The van der Waals surface area contributed by atoms with Crippen molar-refractivity contribution in [2.24, 2.45) is 0 Å². The molecule has 0 radical (unpaired) electrons. The molecule has 1 nitrogen and oxygen atoms in total. The van der Waals surface area contributed by atoms with Crippen LogP contribution in [0.4, 0.5) is 0 Å². The summed E-state index contributed by atoms with van der Waals surface area (Å²) in [5, 5.41) is 8.60. The van der Waals surface area contributed by atoms with Gasteiger partial charge in [0, 0.05) is 4.48 Å². The minimum Gasteiger partial charge on any atom is -0.198 e. The molecule has 0 aromatic rings. The zero-order chi connectivity index (χ0) is 9.90. The molecule has 13 heavy (non-hydrogen) atoms. The van der Waals surface area contributed by atoms with Crippen LogP contribution in [0.3, 0.4) is 0 Å². The van der Waals surface area contributed by atoms with E-state index in [-0.39, 0.29) is 4.32 Å². The molecule has 0 aromatic carbocycles. The number of hydrogen-bond acceptors (Lipinski definition) is 1. The normalized spacial score (nSPS) is 27.2. The van der Waals surface area contributed by atoms with Crippen molar-refractivity contribution in [1.82, 2.24) is 0 Å². The van der Waals surface area contributed by atoms with Crippen LogP contribution in [0, 0.1) is 11.3 Å². The minimum atomic E-state index is -0.148. The predicted molar refractivity (Wildman–Crippen MR) is 61.8 cm³/mol. The van der Waals surface area contributed by atoms with Gasteiger partial charge < -0.3 is 0 Å². The third-order valence-corrected chi connectivity index (χ3v) is 2.63. The summed E-state index contributed by atoms with van der Waals surface area (Å²) in [4.78, 5) is 0. The first-order valence-electron chi connectivity index (χ1n) is 3.87. The van der Waals surface area contributed by atoms with Crippen LogP contribution < -0.4 is 0 Å². The molecule has 0 aliphatic heterocycles. The molecule has 0 saturated carbocycles. The van der Waals surface area contributed by atoms with Crippen LogP contribution in [0.1, 0.15) is 13.3 Å². The molecule has 0 heterocycles. The lowest BCUT2D eigenvalue weighted by atomic mass is 10.1. The van der Waals surface area contributed by atoms with Gasteiger partial charge in [0.1, 0.15) is 0 Å². The molecular weight excluding hydrogens is 294 g/mol. The first kappa shape index (κ1) is 10.7. The fourth-order valence-corrected chi connectivity index (χ4v) is 1.97. The van der Waals surface area contributed by atoms with Crippen LogP contribution in [0.5, 0.6) is 0 Å². The Morgan fingerprint density at radius 1 is 1.62 bits per heavy atom. The van der Waals surface area contributed by atoms with Crippen molar-refractivity contribution in [2.45, 2.75) is 17.7 Å². The van der Waals surface area contributed by atoms with E-state index in [2.05, 4.69) is 37.9 Å². The fourth-order valence-electron chi connectivity index (χ4n) is 1.11. The summed E-state index contributed by atoms with van der Waals surface area (Å²) in [6, 6.07) is 2.14. The molecule has 3 heteroatoms. The van der Waals surface area contributed by atoms with Gasteiger partial charge in [0.05, 0.1) is 16.8 Å². The second-order valence-electron chi connectivity index (χ2n) is 3.07. The molecule has 1 aliphatic rings. The van der Waals surface area contributed by atoms with Gasteiger partial charge >= 0.3 is 0 Å². The van der Waals surface area contributed by atoms with Gasteiger partial charge in [0.15, 0.2) is 0 Å². The summed E-state index contributed by atoms with van der Waals surface area (Å²) in [5.41, 5.74) is 1.03. The van der Waals surface area contributed by atoms with Gasteiger partial charge in [-0.25, -0.2) is 0 Å². The Bertz CT molecular complexity index is 329. The zero-order valence-electron chi connectivity index (χ0n) is 7.22. The fraction of sp³-hybridized carbons (Fsp3) is 0.300. The van der Waals surface area contributed by atoms with Gasteiger partial charge in [-0.1, -0.05) is 50.1 Å². The Balaban J connectivity index is 3.01. The number of alkyl halides is 1. The van der Waals surface area contributed by atoms with E-state index in [0.717, 1.165) is 10.1 Å². The van der Waals surface area contributed by atoms with Crippen LogP contribution in [0.25, 0.3) is 0 Å². The van der Waals surface area contributed by atoms with E-state index < -0.39 is 0 Å². The Morgan fingerprint density at radius 3 is 2.92 bits per heavy atom. The second-order valence-corrected chi connectivity index (χ2v) is 5.69. The molecule has 1 atom stereocenters. The van der Waals surface area contributed by atoms with E-state index in [1.807, 2.05) is 31.2 Å². The van der Waals surface area contributed by atoms with Gasteiger partial charge in [-0.3, -0.25) is 0 Å². The second kappa shape index (κ2) is 4.26. The Hall–Kier alpha value is -0.330. The summed E-state index contributed by atoms with van der Waals surface area (Å²) in [5.74, 6) is 0. The standard InChI is InChI=1S/C10H9Br2N/c1-10(12)4-2-9(11)6-8(7-10)3-5-13/h2,4,6-7H,3H2,1H3. The quantitative estimate of drug-likeness (QED) is 0.675. The average Bonchev–Trinajstić information content (AvgIpc) is 2.11. The highest BCUT2D eigenvalue weighted by atomic mass is 79.9. The zero-order valence-corrected chi connectivity index (χ0v) is 10.4. The number of nitriles is 1. The van der Waals surface area contributed by atoms with Crippen LogP contribution in [0.2, 0.25) is 0 Å². The molecule has 0 aromatic heterocycles. The lowest BCUT2D eigenvalue weighted by Gasteiger charge is -2.11. The van der Waals surface area contributed by atoms with E-state index in [1.165, 1.54) is 0 Å². The van der Waals surface area contributed by atoms with E-state index in [9.17, 15) is 0 Å². The lowest BCUT2D eigenvalue weighted by molar-refractivity contribution is 1.02. The van der Waals surface area contributed by atoms with Crippen LogP contribution in [-0.2, 0) is 0 Å². The van der Waals surface area contributed by atoms with Crippen molar-refractivity contribution < 1.29 is 0 Å². The third-order valence-electron chi connectivity index (χ3n) is 1.64. The third kappa shape index (κ3) is 3.50. The molecule has 0 bridgehead atoms. The summed E-state index contributed by atoms with van der Waals surface area (Å²) >= 11 is 6.96. The maximum absolute atomic E-state index is 8.60. The highest BCUT2D eigenvalue weighted by Gasteiger charge is 2.15. The van der Waals surface area contributed by atoms with Crippen molar-refractivity contribution in [2.75, 3.05) is 0 Å². The van der Waals surface area contributed by atoms with Crippen LogP contribution >= 0.6 is 31.9 Å². The highest BCUT2D eigenvalue weighted by Crippen LogP contribution is 2.29. The van der Waals surface area contributed by atoms with Crippen molar-refractivity contribution in [1.29, 1.82) is 5.26 Å². The Kier molecular flexibility index (Phi) is 3.52. The maximum Gasteiger partial charge on any atom is 0.0669 e.